The third kappa shape index (κ3) is 4.68. The van der Waals surface area contributed by atoms with Gasteiger partial charge in [0.25, 0.3) is 0 Å². The van der Waals surface area contributed by atoms with Gasteiger partial charge in [-0.3, -0.25) is 10.1 Å². The SMILES string of the molecule is c1cc2ccc(Oc3ccc4[nH]nc(-c5nc6cc(N7CCC(N8CCCCC8)CC7)ccc6[nH]5)c4c3)cc2cn1. The first-order valence-electron chi connectivity index (χ1n) is 14.8. The van der Waals surface area contributed by atoms with Gasteiger partial charge in [-0.2, -0.15) is 5.10 Å². The number of likely N-dealkylation sites (tertiary alicyclic amines) is 1. The lowest BCUT2D eigenvalue weighted by Crippen LogP contribution is -2.46. The number of pyridine rings is 1. The van der Waals surface area contributed by atoms with Gasteiger partial charge in [-0.05, 0) is 98.8 Å². The summed E-state index contributed by atoms with van der Waals surface area (Å²) in [5, 5.41) is 10.9. The van der Waals surface area contributed by atoms with Gasteiger partial charge in [-0.1, -0.05) is 12.5 Å². The van der Waals surface area contributed by atoms with Gasteiger partial charge >= 0.3 is 0 Å². The number of rotatable bonds is 5. The Morgan fingerprint density at radius 1 is 0.780 bits per heavy atom. The monoisotopic (exact) mass is 543 g/mol. The zero-order valence-corrected chi connectivity index (χ0v) is 23.0. The Labute approximate surface area is 238 Å². The zero-order chi connectivity index (χ0) is 27.2. The molecule has 0 saturated carbocycles. The molecule has 0 spiro atoms. The molecule has 8 rings (SSSR count). The molecule has 6 aromatic rings. The van der Waals surface area contributed by atoms with E-state index in [0.717, 1.165) is 74.9 Å². The fraction of sp³-hybridized carbons (Fsp3) is 0.303. The van der Waals surface area contributed by atoms with Crippen LogP contribution < -0.4 is 9.64 Å². The van der Waals surface area contributed by atoms with Crippen LogP contribution in [-0.4, -0.2) is 62.3 Å². The van der Waals surface area contributed by atoms with E-state index < -0.39 is 0 Å². The number of nitrogens with one attached hydrogen (secondary N) is 2. The van der Waals surface area contributed by atoms with Crippen molar-refractivity contribution in [3.63, 3.8) is 0 Å². The van der Waals surface area contributed by atoms with Crippen molar-refractivity contribution in [1.29, 1.82) is 0 Å². The van der Waals surface area contributed by atoms with Gasteiger partial charge in [-0.25, -0.2) is 4.98 Å². The zero-order valence-electron chi connectivity index (χ0n) is 23.0. The molecule has 0 radical (unpaired) electrons. The summed E-state index contributed by atoms with van der Waals surface area (Å²) in [5.74, 6) is 2.27. The molecule has 206 valence electrons. The van der Waals surface area contributed by atoms with Crippen LogP contribution in [0.5, 0.6) is 11.5 Å². The van der Waals surface area contributed by atoms with E-state index in [2.05, 4.69) is 48.2 Å². The lowest BCUT2D eigenvalue weighted by Gasteiger charge is -2.41. The topological polar surface area (TPSA) is 86.0 Å². The van der Waals surface area contributed by atoms with E-state index in [9.17, 15) is 0 Å². The van der Waals surface area contributed by atoms with Crippen LogP contribution in [-0.2, 0) is 0 Å². The Morgan fingerprint density at radius 3 is 2.51 bits per heavy atom. The highest BCUT2D eigenvalue weighted by atomic mass is 16.5. The predicted octanol–water partition coefficient (Wildman–Crippen LogP) is 6.90. The number of anilines is 1. The minimum absolute atomic E-state index is 0.743. The normalized spacial score (nSPS) is 17.1. The number of benzene rings is 3. The molecule has 0 bridgehead atoms. The van der Waals surface area contributed by atoms with Crippen molar-refractivity contribution >= 4 is 38.4 Å². The van der Waals surface area contributed by atoms with Gasteiger partial charge in [0.15, 0.2) is 5.82 Å². The van der Waals surface area contributed by atoms with Crippen LogP contribution in [0.4, 0.5) is 5.69 Å². The summed E-state index contributed by atoms with van der Waals surface area (Å²) in [6.07, 6.45) is 10.3. The van der Waals surface area contributed by atoms with E-state index in [0.29, 0.717) is 0 Å². The van der Waals surface area contributed by atoms with Gasteiger partial charge < -0.3 is 19.5 Å². The molecule has 2 aliphatic rings. The lowest BCUT2D eigenvalue weighted by atomic mass is 9.99. The van der Waals surface area contributed by atoms with Crippen LogP contribution in [0.3, 0.4) is 0 Å². The van der Waals surface area contributed by atoms with Crippen molar-refractivity contribution in [2.75, 3.05) is 31.1 Å². The van der Waals surface area contributed by atoms with E-state index in [-0.39, 0.29) is 0 Å². The average Bonchev–Trinajstić information content (AvgIpc) is 3.65. The highest BCUT2D eigenvalue weighted by Crippen LogP contribution is 2.33. The quantitative estimate of drug-likeness (QED) is 0.246. The number of hydrogen-bond donors (Lipinski definition) is 2. The van der Waals surface area contributed by atoms with Gasteiger partial charge in [0, 0.05) is 48.0 Å². The first-order valence-corrected chi connectivity index (χ1v) is 14.8. The summed E-state index contributed by atoms with van der Waals surface area (Å²) in [5.41, 5.74) is 4.95. The van der Waals surface area contributed by atoms with Crippen molar-refractivity contribution in [3.8, 4) is 23.0 Å². The molecule has 3 aromatic carbocycles. The maximum atomic E-state index is 6.23. The number of fused-ring (bicyclic) bond motifs is 3. The molecule has 0 atom stereocenters. The van der Waals surface area contributed by atoms with E-state index in [4.69, 9.17) is 9.72 Å². The van der Waals surface area contributed by atoms with Crippen molar-refractivity contribution < 1.29 is 4.74 Å². The standard InChI is InChI=1S/C33H33N7O/c1-2-14-39(15-3-1)24-11-16-40(17-12-24)25-5-8-30-31(19-25)36-33(35-30)32-28-20-27(7-9-29(28)37-38-32)41-26-6-4-22-10-13-34-21-23(22)18-26/h4-10,13,18-21,24H,1-3,11-12,14-17H2,(H,35,36)(H,37,38). The summed E-state index contributed by atoms with van der Waals surface area (Å²) in [4.78, 5) is 17.9. The molecular formula is C33H33N7O. The molecule has 3 aromatic heterocycles. The second kappa shape index (κ2) is 10.2. The van der Waals surface area contributed by atoms with Crippen molar-refractivity contribution in [2.45, 2.75) is 38.1 Å². The third-order valence-electron chi connectivity index (χ3n) is 8.81. The molecule has 0 unspecified atom stereocenters. The van der Waals surface area contributed by atoms with Crippen LogP contribution in [0, 0.1) is 0 Å². The first-order chi connectivity index (χ1) is 20.3. The van der Waals surface area contributed by atoms with Crippen molar-refractivity contribution in [1.82, 2.24) is 30.0 Å². The van der Waals surface area contributed by atoms with E-state index >= 15 is 0 Å². The Bertz CT molecular complexity index is 1840. The summed E-state index contributed by atoms with van der Waals surface area (Å²) < 4.78 is 6.23. The highest BCUT2D eigenvalue weighted by molar-refractivity contribution is 5.94. The number of imidazole rings is 1. The van der Waals surface area contributed by atoms with Gasteiger partial charge in [-0.15, -0.1) is 0 Å². The number of hydrogen-bond acceptors (Lipinski definition) is 6. The summed E-state index contributed by atoms with van der Waals surface area (Å²) in [6, 6.07) is 21.3. The summed E-state index contributed by atoms with van der Waals surface area (Å²) in [7, 11) is 0. The third-order valence-corrected chi connectivity index (χ3v) is 8.81. The Kier molecular flexibility index (Phi) is 6.06. The van der Waals surface area contributed by atoms with E-state index in [1.165, 1.54) is 50.9 Å². The number of H-pyrrole nitrogens is 2. The highest BCUT2D eigenvalue weighted by Gasteiger charge is 2.26. The largest absolute Gasteiger partial charge is 0.457 e. The molecule has 0 aliphatic carbocycles. The molecule has 8 heteroatoms. The number of nitrogens with zero attached hydrogens (tertiary/aromatic N) is 5. The number of aromatic amines is 2. The molecule has 2 fully saturated rings. The van der Waals surface area contributed by atoms with Crippen LogP contribution in [0.1, 0.15) is 32.1 Å². The van der Waals surface area contributed by atoms with Gasteiger partial charge in [0.2, 0.25) is 0 Å². The Balaban J connectivity index is 1.03. The molecule has 8 nitrogen and oxygen atoms in total. The molecule has 2 N–H and O–H groups in total. The summed E-state index contributed by atoms with van der Waals surface area (Å²) >= 11 is 0. The molecule has 5 heterocycles. The number of piperidine rings is 2. The average molecular weight is 544 g/mol. The smallest absolute Gasteiger partial charge is 0.159 e. The molecule has 2 saturated heterocycles. The maximum absolute atomic E-state index is 6.23. The van der Waals surface area contributed by atoms with Gasteiger partial charge in [0.05, 0.1) is 16.6 Å². The van der Waals surface area contributed by atoms with Crippen LogP contribution >= 0.6 is 0 Å². The molecule has 2 aliphatic heterocycles. The minimum atomic E-state index is 0.743. The second-order valence-corrected chi connectivity index (χ2v) is 11.4. The van der Waals surface area contributed by atoms with Crippen molar-refractivity contribution in [2.24, 2.45) is 0 Å². The maximum Gasteiger partial charge on any atom is 0.159 e. The number of aromatic nitrogens is 5. The number of ether oxygens (including phenoxy) is 1. The first kappa shape index (κ1) is 24.4. The predicted molar refractivity (Wildman–Crippen MR) is 164 cm³/mol. The van der Waals surface area contributed by atoms with E-state index in [1.807, 2.05) is 48.7 Å². The molecular weight excluding hydrogens is 510 g/mol. The second-order valence-electron chi connectivity index (χ2n) is 11.4. The van der Waals surface area contributed by atoms with Crippen LogP contribution in [0.2, 0.25) is 0 Å². The van der Waals surface area contributed by atoms with Crippen molar-refractivity contribution in [3.05, 3.63) is 73.1 Å². The molecule has 41 heavy (non-hydrogen) atoms. The fourth-order valence-electron chi connectivity index (χ4n) is 6.58. The lowest BCUT2D eigenvalue weighted by molar-refractivity contribution is 0.141. The van der Waals surface area contributed by atoms with Crippen LogP contribution in [0.25, 0.3) is 44.2 Å². The Hall–Kier alpha value is -4.43. The summed E-state index contributed by atoms with van der Waals surface area (Å²) in [6.45, 7) is 4.77. The van der Waals surface area contributed by atoms with Crippen LogP contribution in [0.15, 0.2) is 73.1 Å². The Morgan fingerprint density at radius 2 is 1.61 bits per heavy atom. The van der Waals surface area contributed by atoms with Gasteiger partial charge in [0.1, 0.15) is 17.2 Å². The van der Waals surface area contributed by atoms with E-state index in [1.54, 1.807) is 6.20 Å². The molecule has 0 amide bonds. The fourth-order valence-corrected chi connectivity index (χ4v) is 6.58. The minimum Gasteiger partial charge on any atom is -0.457 e.